The average Bonchev–Trinajstić information content (AvgIpc) is 3.11. The van der Waals surface area contributed by atoms with Gasteiger partial charge in [-0.1, -0.05) is 0 Å². The number of nitrogens with zero attached hydrogens (tertiary/aromatic N) is 5. The molecule has 25 heavy (non-hydrogen) atoms. The molecule has 3 aromatic rings. The van der Waals surface area contributed by atoms with Gasteiger partial charge < -0.3 is 9.54 Å². The van der Waals surface area contributed by atoms with E-state index in [-0.39, 0.29) is 5.92 Å². The van der Waals surface area contributed by atoms with Crippen molar-refractivity contribution >= 4 is 33.0 Å². The Morgan fingerprint density at radius 3 is 3.12 bits per heavy atom. The van der Waals surface area contributed by atoms with Crippen LogP contribution in [0.25, 0.3) is 21.9 Å². The Kier molecular flexibility index (Phi) is 4.17. The first-order chi connectivity index (χ1) is 12.2. The van der Waals surface area contributed by atoms with Gasteiger partial charge in [0.15, 0.2) is 22.1 Å². The summed E-state index contributed by atoms with van der Waals surface area (Å²) in [6.45, 7) is 1.18. The summed E-state index contributed by atoms with van der Waals surface area (Å²) in [4.78, 5) is 9.33. The smallest absolute Gasteiger partial charge is 0.200 e. The molecule has 1 aliphatic rings. The summed E-state index contributed by atoms with van der Waals surface area (Å²) >= 11 is -2.19. The first-order valence-corrected chi connectivity index (χ1v) is 9.17. The molecular formula is C16H16N6O2S. The largest absolute Gasteiger partial charge is 0.364 e. The van der Waals surface area contributed by atoms with Gasteiger partial charge >= 0.3 is 0 Å². The number of H-pyrrole nitrogens is 1. The molecule has 2 N–H and O–H groups in total. The molecule has 4 heterocycles. The van der Waals surface area contributed by atoms with Gasteiger partial charge in [0.05, 0.1) is 11.6 Å². The zero-order valence-electron chi connectivity index (χ0n) is 13.3. The maximum Gasteiger partial charge on any atom is 0.200 e. The second-order valence-electron chi connectivity index (χ2n) is 6.13. The van der Waals surface area contributed by atoms with E-state index in [2.05, 4.69) is 20.2 Å². The van der Waals surface area contributed by atoms with Crippen molar-refractivity contribution in [1.29, 1.82) is 5.26 Å². The van der Waals surface area contributed by atoms with Crippen LogP contribution in [0.2, 0.25) is 0 Å². The molecule has 0 amide bonds. The summed E-state index contributed by atoms with van der Waals surface area (Å²) in [7, 11) is 0. The predicted octanol–water partition coefficient (Wildman–Crippen LogP) is 1.76. The maximum atomic E-state index is 11.4. The van der Waals surface area contributed by atoms with Crippen LogP contribution in [0.4, 0.5) is 0 Å². The number of fused-ring (bicyclic) bond motifs is 3. The number of nitrogens with one attached hydrogen (secondary N) is 1. The molecule has 0 aromatic carbocycles. The van der Waals surface area contributed by atoms with Gasteiger partial charge in [-0.05, 0) is 25.0 Å². The van der Waals surface area contributed by atoms with Crippen LogP contribution >= 0.6 is 0 Å². The molecule has 3 aromatic heterocycles. The number of hydrogen-bond acceptors (Lipinski definition) is 6. The monoisotopic (exact) mass is 356 g/mol. The van der Waals surface area contributed by atoms with Crippen molar-refractivity contribution in [3.05, 3.63) is 30.2 Å². The maximum absolute atomic E-state index is 11.4. The summed E-state index contributed by atoms with van der Waals surface area (Å²) in [5.74, 6) is 0.110. The van der Waals surface area contributed by atoms with Crippen molar-refractivity contribution in [2.24, 2.45) is 0 Å². The standard InChI is InChI=1S/C16H16N6O2S/c17-8-13(25(23)24)22-7-1-2-10(9-22)15-14-11-3-5-19-16(11)21-20-12(14)4-6-18-15/h3-6,10,13,18H,1-2,7,9H2,(H,23,24). The summed E-state index contributed by atoms with van der Waals surface area (Å²) in [6, 6.07) is 5.74. The minimum atomic E-state index is -2.19. The van der Waals surface area contributed by atoms with Gasteiger partial charge in [0, 0.05) is 47.9 Å². The Bertz CT molecular complexity index is 997. The van der Waals surface area contributed by atoms with Crippen molar-refractivity contribution in [3.8, 4) is 6.07 Å². The number of rotatable bonds is 3. The first-order valence-electron chi connectivity index (χ1n) is 8.00. The van der Waals surface area contributed by atoms with Crippen molar-refractivity contribution in [1.82, 2.24) is 25.1 Å². The molecule has 8 nitrogen and oxygen atoms in total. The molecule has 0 aliphatic carbocycles. The normalized spacial score (nSPS) is 21.2. The minimum Gasteiger partial charge on any atom is -0.364 e. The molecule has 0 radical (unpaired) electrons. The lowest BCUT2D eigenvalue weighted by molar-refractivity contribution is 0.208. The fourth-order valence-electron chi connectivity index (χ4n) is 3.60. The molecule has 1 aliphatic heterocycles. The van der Waals surface area contributed by atoms with E-state index in [1.54, 1.807) is 11.1 Å². The van der Waals surface area contributed by atoms with E-state index in [0.717, 1.165) is 34.8 Å². The molecule has 9 heteroatoms. The number of aromatic nitrogens is 4. The summed E-state index contributed by atoms with van der Waals surface area (Å²) in [5, 5.41) is 18.5. The van der Waals surface area contributed by atoms with Gasteiger partial charge in [-0.15, -0.1) is 10.2 Å². The number of nitriles is 1. The number of aromatic amines is 1. The minimum absolute atomic E-state index is 0.110. The van der Waals surface area contributed by atoms with E-state index < -0.39 is 16.5 Å². The second kappa shape index (κ2) is 6.48. The third-order valence-corrected chi connectivity index (χ3v) is 5.49. The Hall–Kier alpha value is -2.41. The van der Waals surface area contributed by atoms with Crippen LogP contribution in [0.1, 0.15) is 24.5 Å². The Balaban J connectivity index is 1.78. The molecule has 0 bridgehead atoms. The molecule has 0 spiro atoms. The highest BCUT2D eigenvalue weighted by Crippen LogP contribution is 2.33. The predicted molar refractivity (Wildman–Crippen MR) is 92.9 cm³/mol. The molecule has 128 valence electrons. The Labute approximate surface area is 146 Å². The lowest BCUT2D eigenvalue weighted by Gasteiger charge is -2.34. The highest BCUT2D eigenvalue weighted by molar-refractivity contribution is 7.80. The average molecular weight is 356 g/mol. The van der Waals surface area contributed by atoms with E-state index >= 15 is 0 Å². The van der Waals surface area contributed by atoms with E-state index in [1.807, 2.05) is 24.4 Å². The lowest BCUT2D eigenvalue weighted by Crippen LogP contribution is -2.43. The number of hydrogen-bond donors (Lipinski definition) is 2. The van der Waals surface area contributed by atoms with Crippen molar-refractivity contribution in [2.45, 2.75) is 24.1 Å². The number of pyridine rings is 1. The van der Waals surface area contributed by atoms with Crippen molar-refractivity contribution < 1.29 is 8.76 Å². The SMILES string of the molecule is N#CC(N1CCCC(c2[nH]ccc3nnc4nccc4c23)C1)S(=O)O. The van der Waals surface area contributed by atoms with Crippen LogP contribution in [0.5, 0.6) is 0 Å². The van der Waals surface area contributed by atoms with Gasteiger partial charge in [-0.25, -0.2) is 9.19 Å². The van der Waals surface area contributed by atoms with Crippen LogP contribution in [0.3, 0.4) is 0 Å². The zero-order valence-corrected chi connectivity index (χ0v) is 14.1. The molecule has 3 atom stereocenters. The summed E-state index contributed by atoms with van der Waals surface area (Å²) < 4.78 is 20.8. The third kappa shape index (κ3) is 2.78. The molecule has 4 rings (SSSR count). The first kappa shape index (κ1) is 16.1. The van der Waals surface area contributed by atoms with Gasteiger partial charge in [0.25, 0.3) is 0 Å². The highest BCUT2D eigenvalue weighted by atomic mass is 32.2. The quantitative estimate of drug-likeness (QED) is 0.686. The summed E-state index contributed by atoms with van der Waals surface area (Å²) in [6.07, 6.45) is 5.33. The summed E-state index contributed by atoms with van der Waals surface area (Å²) in [5.41, 5.74) is 2.40. The third-order valence-electron chi connectivity index (χ3n) is 4.70. The van der Waals surface area contributed by atoms with Crippen molar-refractivity contribution in [3.63, 3.8) is 0 Å². The van der Waals surface area contributed by atoms with Crippen LogP contribution < -0.4 is 0 Å². The topological polar surface area (TPSA) is 119 Å². The van der Waals surface area contributed by atoms with E-state index in [1.165, 1.54) is 0 Å². The van der Waals surface area contributed by atoms with E-state index in [9.17, 15) is 14.0 Å². The van der Waals surface area contributed by atoms with E-state index in [4.69, 9.17) is 0 Å². The van der Waals surface area contributed by atoms with Gasteiger partial charge in [-0.2, -0.15) is 5.26 Å². The fourth-order valence-corrected chi connectivity index (χ4v) is 4.14. The Morgan fingerprint density at radius 2 is 2.32 bits per heavy atom. The Morgan fingerprint density at radius 1 is 1.44 bits per heavy atom. The molecule has 0 saturated carbocycles. The van der Waals surface area contributed by atoms with Crippen LogP contribution in [-0.2, 0) is 11.1 Å². The van der Waals surface area contributed by atoms with Gasteiger partial charge in [0.2, 0.25) is 0 Å². The number of piperidine rings is 1. The van der Waals surface area contributed by atoms with Gasteiger partial charge in [-0.3, -0.25) is 4.90 Å². The van der Waals surface area contributed by atoms with Crippen molar-refractivity contribution in [2.75, 3.05) is 13.1 Å². The second-order valence-corrected chi connectivity index (χ2v) is 7.12. The molecule has 1 fully saturated rings. The van der Waals surface area contributed by atoms with Crippen LogP contribution in [-0.4, -0.2) is 52.3 Å². The van der Waals surface area contributed by atoms with Crippen LogP contribution in [0, 0.1) is 11.3 Å². The molecular weight excluding hydrogens is 340 g/mol. The molecule has 1 saturated heterocycles. The lowest BCUT2D eigenvalue weighted by atomic mass is 9.91. The van der Waals surface area contributed by atoms with E-state index in [0.29, 0.717) is 18.7 Å². The fraction of sp³-hybridized carbons (Fsp3) is 0.375. The molecule has 3 unspecified atom stereocenters. The van der Waals surface area contributed by atoms with Gasteiger partial charge in [0.1, 0.15) is 0 Å². The highest BCUT2D eigenvalue weighted by Gasteiger charge is 2.31. The zero-order chi connectivity index (χ0) is 17.4. The number of likely N-dealkylation sites (tertiary alicyclic amines) is 1. The van der Waals surface area contributed by atoms with Crippen LogP contribution in [0.15, 0.2) is 24.5 Å².